The van der Waals surface area contributed by atoms with Crippen molar-refractivity contribution in [2.45, 2.75) is 19.3 Å². The number of hydrogen-bond acceptors (Lipinski definition) is 5. The highest BCUT2D eigenvalue weighted by Gasteiger charge is 2.21. The minimum absolute atomic E-state index is 0.334. The second-order valence-corrected chi connectivity index (χ2v) is 6.14. The van der Waals surface area contributed by atoms with Gasteiger partial charge in [-0.1, -0.05) is 30.3 Å². The first-order valence-electron chi connectivity index (χ1n) is 8.06. The molecule has 0 atom stereocenters. The summed E-state index contributed by atoms with van der Waals surface area (Å²) in [7, 11) is 0. The maximum atomic E-state index is 5.79. The second-order valence-electron chi connectivity index (χ2n) is 6.14. The van der Waals surface area contributed by atoms with Crippen molar-refractivity contribution >= 4 is 17.4 Å². The zero-order valence-electron chi connectivity index (χ0n) is 13.0. The van der Waals surface area contributed by atoms with Crippen LogP contribution in [0.3, 0.4) is 0 Å². The van der Waals surface area contributed by atoms with Crippen LogP contribution in [0.1, 0.15) is 18.4 Å². The van der Waals surface area contributed by atoms with Gasteiger partial charge in [0, 0.05) is 13.1 Å². The van der Waals surface area contributed by atoms with Gasteiger partial charge in [0.2, 0.25) is 5.95 Å². The minimum Gasteiger partial charge on any atom is -0.366 e. The van der Waals surface area contributed by atoms with Gasteiger partial charge < -0.3 is 10.6 Å². The average molecular weight is 308 g/mol. The van der Waals surface area contributed by atoms with Crippen molar-refractivity contribution < 1.29 is 0 Å². The summed E-state index contributed by atoms with van der Waals surface area (Å²) in [5.41, 5.74) is 7.91. The Morgan fingerprint density at radius 3 is 2.57 bits per heavy atom. The normalized spacial score (nSPS) is 16.1. The SMILES string of the molecule is Nc1nnc2ccc(N3CCC(Cc4ccccc4)CC3)nn12. The van der Waals surface area contributed by atoms with Crippen LogP contribution >= 0.6 is 0 Å². The lowest BCUT2D eigenvalue weighted by Crippen LogP contribution is -2.35. The molecule has 6 nitrogen and oxygen atoms in total. The van der Waals surface area contributed by atoms with E-state index in [4.69, 9.17) is 5.73 Å². The third kappa shape index (κ3) is 2.84. The molecule has 23 heavy (non-hydrogen) atoms. The first kappa shape index (κ1) is 14.0. The Labute approximate surface area is 134 Å². The number of rotatable bonds is 3. The molecular weight excluding hydrogens is 288 g/mol. The monoisotopic (exact) mass is 308 g/mol. The largest absolute Gasteiger partial charge is 0.366 e. The number of fused-ring (bicyclic) bond motifs is 1. The maximum Gasteiger partial charge on any atom is 0.243 e. The third-order valence-corrected chi connectivity index (χ3v) is 4.58. The molecule has 0 radical (unpaired) electrons. The fourth-order valence-corrected chi connectivity index (χ4v) is 3.28. The van der Waals surface area contributed by atoms with E-state index in [1.54, 1.807) is 4.52 Å². The van der Waals surface area contributed by atoms with E-state index >= 15 is 0 Å². The molecule has 4 rings (SSSR count). The van der Waals surface area contributed by atoms with Crippen LogP contribution in [0.2, 0.25) is 0 Å². The van der Waals surface area contributed by atoms with E-state index in [0.717, 1.165) is 24.8 Å². The number of anilines is 2. The van der Waals surface area contributed by atoms with Crippen molar-refractivity contribution in [3.05, 3.63) is 48.0 Å². The van der Waals surface area contributed by atoms with Gasteiger partial charge in [-0.15, -0.1) is 15.3 Å². The van der Waals surface area contributed by atoms with Crippen LogP contribution in [-0.2, 0) is 6.42 Å². The molecule has 1 aromatic carbocycles. The smallest absolute Gasteiger partial charge is 0.243 e. The van der Waals surface area contributed by atoms with Crippen molar-refractivity contribution in [2.75, 3.05) is 23.7 Å². The van der Waals surface area contributed by atoms with E-state index in [9.17, 15) is 0 Å². The van der Waals surface area contributed by atoms with Gasteiger partial charge in [-0.05, 0) is 42.9 Å². The maximum absolute atomic E-state index is 5.79. The number of nitrogens with two attached hydrogens (primary N) is 1. The second kappa shape index (κ2) is 5.87. The van der Waals surface area contributed by atoms with E-state index < -0.39 is 0 Å². The number of hydrogen-bond donors (Lipinski definition) is 1. The van der Waals surface area contributed by atoms with Crippen molar-refractivity contribution in [1.29, 1.82) is 0 Å². The van der Waals surface area contributed by atoms with Crippen LogP contribution in [0.5, 0.6) is 0 Å². The predicted molar refractivity (Wildman–Crippen MR) is 90.3 cm³/mol. The van der Waals surface area contributed by atoms with Crippen LogP contribution in [-0.4, -0.2) is 32.9 Å². The Hall–Kier alpha value is -2.63. The summed E-state index contributed by atoms with van der Waals surface area (Å²) >= 11 is 0. The van der Waals surface area contributed by atoms with Gasteiger partial charge in [-0.3, -0.25) is 0 Å². The Morgan fingerprint density at radius 1 is 1.00 bits per heavy atom. The number of aromatic nitrogens is 4. The van der Waals surface area contributed by atoms with Crippen LogP contribution < -0.4 is 10.6 Å². The summed E-state index contributed by atoms with van der Waals surface area (Å²) in [4.78, 5) is 2.32. The van der Waals surface area contributed by atoms with Crippen LogP contribution in [0, 0.1) is 5.92 Å². The van der Waals surface area contributed by atoms with Gasteiger partial charge in [0.25, 0.3) is 0 Å². The number of nitrogen functional groups attached to an aromatic ring is 1. The molecule has 1 saturated heterocycles. The van der Waals surface area contributed by atoms with Gasteiger partial charge in [0.1, 0.15) is 5.82 Å². The molecule has 3 heterocycles. The highest BCUT2D eigenvalue weighted by atomic mass is 15.4. The Morgan fingerprint density at radius 2 is 1.78 bits per heavy atom. The third-order valence-electron chi connectivity index (χ3n) is 4.58. The van der Waals surface area contributed by atoms with Crippen LogP contribution in [0.4, 0.5) is 11.8 Å². The Kier molecular flexibility index (Phi) is 3.57. The number of benzene rings is 1. The fourth-order valence-electron chi connectivity index (χ4n) is 3.28. The molecule has 1 aliphatic heterocycles. The van der Waals surface area contributed by atoms with Crippen molar-refractivity contribution in [2.24, 2.45) is 5.92 Å². The topological polar surface area (TPSA) is 72.3 Å². The van der Waals surface area contributed by atoms with E-state index in [1.807, 2.05) is 12.1 Å². The molecular formula is C17H20N6. The van der Waals surface area contributed by atoms with Crippen molar-refractivity contribution in [3.8, 4) is 0 Å². The summed E-state index contributed by atoms with van der Waals surface area (Å²) in [6.07, 6.45) is 3.54. The van der Waals surface area contributed by atoms with Gasteiger partial charge in [0.05, 0.1) is 0 Å². The molecule has 3 aromatic rings. The summed E-state index contributed by atoms with van der Waals surface area (Å²) in [5.74, 6) is 2.03. The summed E-state index contributed by atoms with van der Waals surface area (Å²) in [6, 6.07) is 14.7. The zero-order valence-corrected chi connectivity index (χ0v) is 13.0. The van der Waals surface area contributed by atoms with Gasteiger partial charge in [-0.25, -0.2) is 0 Å². The molecule has 0 aliphatic carbocycles. The Balaban J connectivity index is 1.43. The quantitative estimate of drug-likeness (QED) is 0.803. The molecule has 118 valence electrons. The van der Waals surface area contributed by atoms with E-state index in [0.29, 0.717) is 11.6 Å². The molecule has 2 aromatic heterocycles. The minimum atomic E-state index is 0.334. The summed E-state index contributed by atoms with van der Waals surface area (Å²) in [6.45, 7) is 2.05. The first-order valence-corrected chi connectivity index (χ1v) is 8.06. The highest BCUT2D eigenvalue weighted by Crippen LogP contribution is 2.25. The molecule has 0 bridgehead atoms. The molecule has 1 aliphatic rings. The molecule has 1 fully saturated rings. The number of piperidine rings is 1. The summed E-state index contributed by atoms with van der Waals surface area (Å²) in [5, 5.41) is 12.4. The van der Waals surface area contributed by atoms with E-state index in [1.165, 1.54) is 24.8 Å². The average Bonchev–Trinajstić information content (AvgIpc) is 2.97. The molecule has 6 heteroatoms. The molecule has 0 spiro atoms. The highest BCUT2D eigenvalue weighted by molar-refractivity contribution is 5.48. The zero-order chi connectivity index (χ0) is 15.6. The fraction of sp³-hybridized carbons (Fsp3) is 0.353. The van der Waals surface area contributed by atoms with Crippen molar-refractivity contribution in [1.82, 2.24) is 19.8 Å². The standard InChI is InChI=1S/C17H20N6/c18-17-20-19-15-6-7-16(21-23(15)17)22-10-8-14(9-11-22)12-13-4-2-1-3-5-13/h1-7,14H,8-12H2,(H2,18,20). The van der Waals surface area contributed by atoms with Gasteiger partial charge >= 0.3 is 0 Å². The van der Waals surface area contributed by atoms with Crippen molar-refractivity contribution in [3.63, 3.8) is 0 Å². The van der Waals surface area contributed by atoms with Crippen LogP contribution in [0.25, 0.3) is 5.65 Å². The molecule has 0 unspecified atom stereocenters. The Bertz CT molecular complexity index is 789. The van der Waals surface area contributed by atoms with E-state index in [-0.39, 0.29) is 0 Å². The molecule has 2 N–H and O–H groups in total. The van der Waals surface area contributed by atoms with E-state index in [2.05, 4.69) is 50.5 Å². The lowest BCUT2D eigenvalue weighted by Gasteiger charge is -2.32. The van der Waals surface area contributed by atoms with Gasteiger partial charge in [0.15, 0.2) is 5.65 Å². The van der Waals surface area contributed by atoms with Gasteiger partial charge in [-0.2, -0.15) is 4.52 Å². The lowest BCUT2D eigenvalue weighted by atomic mass is 9.90. The molecule has 0 amide bonds. The van der Waals surface area contributed by atoms with Crippen LogP contribution in [0.15, 0.2) is 42.5 Å². The summed E-state index contributed by atoms with van der Waals surface area (Å²) < 4.78 is 1.60. The number of nitrogens with zero attached hydrogens (tertiary/aromatic N) is 5. The molecule has 0 saturated carbocycles. The first-order chi connectivity index (χ1) is 11.3. The lowest BCUT2D eigenvalue weighted by molar-refractivity contribution is 0.401. The predicted octanol–water partition coefficient (Wildman–Crippen LogP) is 2.17.